The lowest BCUT2D eigenvalue weighted by atomic mass is 9.49. The van der Waals surface area contributed by atoms with E-state index in [4.69, 9.17) is 4.74 Å². The molecular weight excluding hydrogens is 459 g/mol. The van der Waals surface area contributed by atoms with Crippen molar-refractivity contribution in [2.24, 2.45) is 23.2 Å². The van der Waals surface area contributed by atoms with Crippen LogP contribution in [0, 0.1) is 29.0 Å². The van der Waals surface area contributed by atoms with E-state index in [2.05, 4.69) is 0 Å². The summed E-state index contributed by atoms with van der Waals surface area (Å²) in [5, 5.41) is 0. The van der Waals surface area contributed by atoms with Crippen molar-refractivity contribution in [2.45, 2.75) is 57.5 Å². The van der Waals surface area contributed by atoms with E-state index in [-0.39, 0.29) is 36.5 Å². The van der Waals surface area contributed by atoms with E-state index in [9.17, 15) is 18.8 Å². The fraction of sp³-hybridized carbons (Fsp3) is 0.483. The molecule has 0 aromatic heterocycles. The molecule has 5 aliphatic rings. The van der Waals surface area contributed by atoms with Crippen LogP contribution in [-0.2, 0) is 20.9 Å². The van der Waals surface area contributed by atoms with Gasteiger partial charge in [-0.1, -0.05) is 12.1 Å². The Balaban J connectivity index is 1.33. The SMILES string of the molecule is COc1ccc(N2C(=O)CC(N(Cc3ccc(F)cc3)C(=O)C34CC5CC(CC(C5)C3)C4)C2=O)cc1. The minimum atomic E-state index is -0.870. The Morgan fingerprint density at radius 1 is 0.972 bits per heavy atom. The van der Waals surface area contributed by atoms with Crippen LogP contribution < -0.4 is 9.64 Å². The molecule has 5 fully saturated rings. The third-order valence-corrected chi connectivity index (χ3v) is 8.85. The van der Waals surface area contributed by atoms with Gasteiger partial charge in [0.05, 0.1) is 24.6 Å². The van der Waals surface area contributed by atoms with Gasteiger partial charge in [0.25, 0.3) is 5.91 Å². The predicted octanol–water partition coefficient (Wildman–Crippen LogP) is 4.71. The molecule has 0 radical (unpaired) electrons. The maximum absolute atomic E-state index is 14.4. The summed E-state index contributed by atoms with van der Waals surface area (Å²) < 4.78 is 18.8. The van der Waals surface area contributed by atoms with Gasteiger partial charge in [-0.3, -0.25) is 14.4 Å². The van der Waals surface area contributed by atoms with Crippen LogP contribution in [0.3, 0.4) is 0 Å². The number of rotatable bonds is 6. The highest BCUT2D eigenvalue weighted by Crippen LogP contribution is 2.60. The number of anilines is 1. The summed E-state index contributed by atoms with van der Waals surface area (Å²) in [7, 11) is 1.56. The molecule has 1 aliphatic heterocycles. The van der Waals surface area contributed by atoms with Crippen LogP contribution in [0.25, 0.3) is 0 Å². The summed E-state index contributed by atoms with van der Waals surface area (Å²) in [4.78, 5) is 44.0. The monoisotopic (exact) mass is 490 g/mol. The van der Waals surface area contributed by atoms with Crippen molar-refractivity contribution >= 4 is 23.4 Å². The van der Waals surface area contributed by atoms with Crippen LogP contribution in [0.5, 0.6) is 5.75 Å². The number of halogens is 1. The van der Waals surface area contributed by atoms with Crippen LogP contribution in [-0.4, -0.2) is 35.8 Å². The second-order valence-electron chi connectivity index (χ2n) is 11.2. The van der Waals surface area contributed by atoms with Crippen LogP contribution in [0.1, 0.15) is 50.5 Å². The summed E-state index contributed by atoms with van der Waals surface area (Å²) in [6.07, 6.45) is 6.17. The summed E-state index contributed by atoms with van der Waals surface area (Å²) in [6.45, 7) is 0.182. The van der Waals surface area contributed by atoms with Crippen molar-refractivity contribution in [3.63, 3.8) is 0 Å². The molecule has 7 heteroatoms. The molecule has 0 spiro atoms. The Morgan fingerprint density at radius 2 is 1.56 bits per heavy atom. The fourth-order valence-electron chi connectivity index (χ4n) is 7.65. The first-order valence-corrected chi connectivity index (χ1v) is 12.9. The molecule has 1 saturated heterocycles. The zero-order chi connectivity index (χ0) is 25.0. The summed E-state index contributed by atoms with van der Waals surface area (Å²) in [5.41, 5.74) is 0.765. The Morgan fingerprint density at radius 3 is 2.11 bits per heavy atom. The predicted molar refractivity (Wildman–Crippen MR) is 131 cm³/mol. The Hall–Kier alpha value is -3.22. The second-order valence-corrected chi connectivity index (χ2v) is 11.2. The smallest absolute Gasteiger partial charge is 0.257 e. The molecule has 4 saturated carbocycles. The molecule has 36 heavy (non-hydrogen) atoms. The topological polar surface area (TPSA) is 66.9 Å². The first-order valence-electron chi connectivity index (χ1n) is 12.9. The first-order chi connectivity index (χ1) is 17.3. The lowest BCUT2D eigenvalue weighted by Gasteiger charge is -2.57. The Kier molecular flexibility index (Phi) is 5.61. The molecule has 2 aromatic carbocycles. The summed E-state index contributed by atoms with van der Waals surface area (Å²) in [5.74, 6) is 1.29. The number of nitrogens with zero attached hydrogens (tertiary/aromatic N) is 2. The Labute approximate surface area is 210 Å². The van der Waals surface area contributed by atoms with Gasteiger partial charge in [-0.15, -0.1) is 0 Å². The van der Waals surface area contributed by atoms with E-state index in [1.54, 1.807) is 48.4 Å². The van der Waals surface area contributed by atoms with Crippen molar-refractivity contribution in [1.82, 2.24) is 4.90 Å². The quantitative estimate of drug-likeness (QED) is 0.550. The van der Waals surface area contributed by atoms with Gasteiger partial charge >= 0.3 is 0 Å². The van der Waals surface area contributed by atoms with E-state index >= 15 is 0 Å². The standard InChI is InChI=1S/C29H31FN2O4/c1-36-24-8-6-23(7-9-24)32-26(33)13-25(27(32)34)31(17-18-2-4-22(30)5-3-18)28(35)29-14-19-10-20(15-29)12-21(11-19)16-29/h2-9,19-21,25H,10-17H2,1H3. The van der Waals surface area contributed by atoms with Gasteiger partial charge in [-0.25, -0.2) is 9.29 Å². The molecule has 1 unspecified atom stereocenters. The molecule has 7 rings (SSSR count). The fourth-order valence-corrected chi connectivity index (χ4v) is 7.65. The molecular formula is C29H31FN2O4. The number of methoxy groups -OCH3 is 1. The molecule has 6 nitrogen and oxygen atoms in total. The van der Waals surface area contributed by atoms with E-state index in [1.807, 2.05) is 0 Å². The summed E-state index contributed by atoms with van der Waals surface area (Å²) in [6, 6.07) is 12.0. The van der Waals surface area contributed by atoms with E-state index in [0.717, 1.165) is 24.8 Å². The number of carbonyl (C=O) groups excluding carboxylic acids is 3. The normalized spacial score (nSPS) is 30.7. The van der Waals surface area contributed by atoms with Crippen LogP contribution >= 0.6 is 0 Å². The number of amides is 3. The number of imide groups is 1. The molecule has 0 N–H and O–H groups in total. The van der Waals surface area contributed by atoms with Gasteiger partial charge in [0, 0.05) is 6.54 Å². The molecule has 2 aromatic rings. The lowest BCUT2D eigenvalue weighted by Crippen LogP contribution is -2.57. The number of hydrogen-bond acceptors (Lipinski definition) is 4. The van der Waals surface area contributed by atoms with Crippen molar-refractivity contribution in [3.05, 3.63) is 59.9 Å². The zero-order valence-electron chi connectivity index (χ0n) is 20.5. The largest absolute Gasteiger partial charge is 0.497 e. The van der Waals surface area contributed by atoms with Gasteiger partial charge < -0.3 is 9.64 Å². The van der Waals surface area contributed by atoms with E-state index in [0.29, 0.717) is 29.2 Å². The van der Waals surface area contributed by atoms with Crippen LogP contribution in [0.15, 0.2) is 48.5 Å². The highest BCUT2D eigenvalue weighted by Gasteiger charge is 2.57. The maximum atomic E-state index is 14.4. The molecule has 4 bridgehead atoms. The van der Waals surface area contributed by atoms with Gasteiger partial charge in [0.15, 0.2) is 0 Å². The average Bonchev–Trinajstić information content (AvgIpc) is 3.16. The second kappa shape index (κ2) is 8.71. The summed E-state index contributed by atoms with van der Waals surface area (Å²) >= 11 is 0. The van der Waals surface area contributed by atoms with Gasteiger partial charge in [-0.05, 0) is 98.2 Å². The van der Waals surface area contributed by atoms with Crippen LogP contribution in [0.4, 0.5) is 10.1 Å². The lowest BCUT2D eigenvalue weighted by molar-refractivity contribution is -0.162. The number of hydrogen-bond donors (Lipinski definition) is 0. The van der Waals surface area contributed by atoms with E-state index in [1.165, 1.54) is 36.3 Å². The Bertz CT molecular complexity index is 1160. The molecule has 188 valence electrons. The zero-order valence-corrected chi connectivity index (χ0v) is 20.5. The van der Waals surface area contributed by atoms with Crippen molar-refractivity contribution < 1.29 is 23.5 Å². The molecule has 1 atom stereocenters. The van der Waals surface area contributed by atoms with Crippen molar-refractivity contribution in [2.75, 3.05) is 12.0 Å². The minimum absolute atomic E-state index is 0.00587. The van der Waals surface area contributed by atoms with E-state index < -0.39 is 11.5 Å². The highest BCUT2D eigenvalue weighted by atomic mass is 19.1. The molecule has 1 heterocycles. The maximum Gasteiger partial charge on any atom is 0.257 e. The average molecular weight is 491 g/mol. The first kappa shape index (κ1) is 23.2. The molecule has 3 amide bonds. The minimum Gasteiger partial charge on any atom is -0.497 e. The van der Waals surface area contributed by atoms with Gasteiger partial charge in [0.1, 0.15) is 17.6 Å². The van der Waals surface area contributed by atoms with Crippen LogP contribution in [0.2, 0.25) is 0 Å². The van der Waals surface area contributed by atoms with Crippen molar-refractivity contribution in [1.29, 1.82) is 0 Å². The highest BCUT2D eigenvalue weighted by molar-refractivity contribution is 6.23. The number of benzene rings is 2. The molecule has 4 aliphatic carbocycles. The third-order valence-electron chi connectivity index (χ3n) is 8.85. The third kappa shape index (κ3) is 3.89. The van der Waals surface area contributed by atoms with Crippen molar-refractivity contribution in [3.8, 4) is 5.75 Å². The van der Waals surface area contributed by atoms with Gasteiger partial charge in [-0.2, -0.15) is 0 Å². The van der Waals surface area contributed by atoms with Gasteiger partial charge in [0.2, 0.25) is 11.8 Å². The number of carbonyl (C=O) groups is 3. The number of ether oxygens (including phenoxy) is 1.